The normalized spacial score (nSPS) is 15.5. The minimum atomic E-state index is -1.17. The molecule has 0 spiro atoms. The molecule has 0 bridgehead atoms. The molecule has 43 heavy (non-hydrogen) atoms. The molecule has 0 aliphatic rings. The number of rotatable bonds is 15. The maximum absolute atomic E-state index is 13.7. The molecule has 0 saturated heterocycles. The standard InChI is InChI=1S/C32H43N5O6/c1-5-18(3)27(36-29(39)24(33)16-21-17-34-25-10-8-7-9-23(21)25)31(41)35-26(15-20-11-13-22(38)14-12-20)30(40)37-28(32(42)43)19(4)6-2/h7-14,17-19,24,26-28,34,38H,5-6,15-16,33H2,1-4H3,(H,35,41)(H,36,39)(H,37,40)(H,42,43). The van der Waals surface area contributed by atoms with Crippen LogP contribution < -0.4 is 21.7 Å². The molecule has 8 N–H and O–H groups in total. The summed E-state index contributed by atoms with van der Waals surface area (Å²) in [6, 6.07) is 9.61. The number of amides is 3. The Bertz CT molecular complexity index is 1400. The number of nitrogens with one attached hydrogen (secondary N) is 4. The number of phenolic OH excluding ortho intramolecular Hbond substituents is 1. The topological polar surface area (TPSA) is 187 Å². The number of para-hydroxylation sites is 1. The van der Waals surface area contributed by atoms with Crippen molar-refractivity contribution < 1.29 is 29.4 Å². The lowest BCUT2D eigenvalue weighted by atomic mass is 9.95. The fourth-order valence-electron chi connectivity index (χ4n) is 4.87. The third-order valence-electron chi connectivity index (χ3n) is 8.03. The quantitative estimate of drug-likeness (QED) is 0.141. The number of carbonyl (C=O) groups is 4. The van der Waals surface area contributed by atoms with Crippen molar-refractivity contribution in [1.82, 2.24) is 20.9 Å². The molecular weight excluding hydrogens is 550 g/mol. The Morgan fingerprint density at radius 2 is 1.42 bits per heavy atom. The van der Waals surface area contributed by atoms with Gasteiger partial charge in [-0.3, -0.25) is 14.4 Å². The summed E-state index contributed by atoms with van der Waals surface area (Å²) in [5.41, 5.74) is 8.72. The summed E-state index contributed by atoms with van der Waals surface area (Å²) in [5, 5.41) is 28.4. The van der Waals surface area contributed by atoms with E-state index in [-0.39, 0.29) is 30.4 Å². The Morgan fingerprint density at radius 1 is 0.814 bits per heavy atom. The van der Waals surface area contributed by atoms with E-state index < -0.39 is 47.9 Å². The molecule has 3 amide bonds. The number of fused-ring (bicyclic) bond motifs is 1. The Hall–Kier alpha value is -4.38. The highest BCUT2D eigenvalue weighted by molar-refractivity contribution is 5.94. The number of carboxylic acids is 1. The van der Waals surface area contributed by atoms with Crippen LogP contribution in [0.3, 0.4) is 0 Å². The van der Waals surface area contributed by atoms with E-state index in [1.807, 2.05) is 51.2 Å². The lowest BCUT2D eigenvalue weighted by molar-refractivity contribution is -0.143. The largest absolute Gasteiger partial charge is 0.508 e. The molecule has 3 rings (SSSR count). The van der Waals surface area contributed by atoms with E-state index in [1.165, 1.54) is 12.1 Å². The Balaban J connectivity index is 1.79. The van der Waals surface area contributed by atoms with Gasteiger partial charge in [0.1, 0.15) is 23.9 Å². The molecule has 6 atom stereocenters. The van der Waals surface area contributed by atoms with Crippen LogP contribution in [-0.2, 0) is 32.0 Å². The van der Waals surface area contributed by atoms with E-state index in [0.29, 0.717) is 18.4 Å². The van der Waals surface area contributed by atoms with Crippen molar-refractivity contribution in [3.05, 3.63) is 65.9 Å². The summed E-state index contributed by atoms with van der Waals surface area (Å²) in [7, 11) is 0. The van der Waals surface area contributed by atoms with Gasteiger partial charge in [-0.1, -0.05) is 70.9 Å². The van der Waals surface area contributed by atoms with Gasteiger partial charge < -0.3 is 36.9 Å². The molecule has 11 heteroatoms. The summed E-state index contributed by atoms with van der Waals surface area (Å²) in [6.07, 6.45) is 3.18. The number of carbonyl (C=O) groups excluding carboxylic acids is 3. The minimum Gasteiger partial charge on any atom is -0.508 e. The summed E-state index contributed by atoms with van der Waals surface area (Å²) in [5.74, 6) is -3.54. The van der Waals surface area contributed by atoms with Crippen LogP contribution >= 0.6 is 0 Å². The molecule has 0 radical (unpaired) electrons. The zero-order chi connectivity index (χ0) is 31.7. The van der Waals surface area contributed by atoms with Crippen LogP contribution in [-0.4, -0.2) is 63.1 Å². The van der Waals surface area contributed by atoms with E-state index in [1.54, 1.807) is 19.1 Å². The molecule has 11 nitrogen and oxygen atoms in total. The summed E-state index contributed by atoms with van der Waals surface area (Å²) in [4.78, 5) is 55.3. The second kappa shape index (κ2) is 15.2. The van der Waals surface area contributed by atoms with Crippen LogP contribution in [0.4, 0.5) is 0 Å². The van der Waals surface area contributed by atoms with Crippen molar-refractivity contribution in [2.24, 2.45) is 17.6 Å². The van der Waals surface area contributed by atoms with Crippen LogP contribution in [0.2, 0.25) is 0 Å². The predicted molar refractivity (Wildman–Crippen MR) is 164 cm³/mol. The molecular formula is C32H43N5O6. The van der Waals surface area contributed by atoms with Crippen molar-refractivity contribution in [3.8, 4) is 5.75 Å². The second-order valence-corrected chi connectivity index (χ2v) is 11.2. The van der Waals surface area contributed by atoms with Crippen LogP contribution in [0, 0.1) is 11.8 Å². The van der Waals surface area contributed by atoms with Gasteiger partial charge in [-0.2, -0.15) is 0 Å². The van der Waals surface area contributed by atoms with Gasteiger partial charge in [-0.05, 0) is 47.6 Å². The zero-order valence-corrected chi connectivity index (χ0v) is 25.1. The van der Waals surface area contributed by atoms with Crippen molar-refractivity contribution >= 4 is 34.6 Å². The summed E-state index contributed by atoms with van der Waals surface area (Å²) < 4.78 is 0. The molecule has 1 heterocycles. The third-order valence-corrected chi connectivity index (χ3v) is 8.03. The van der Waals surface area contributed by atoms with Gasteiger partial charge in [0, 0.05) is 23.5 Å². The van der Waals surface area contributed by atoms with Crippen LogP contribution in [0.1, 0.15) is 51.7 Å². The number of carboxylic acid groups (broad SMARTS) is 1. The molecule has 6 unspecified atom stereocenters. The number of phenols is 1. The van der Waals surface area contributed by atoms with E-state index in [2.05, 4.69) is 20.9 Å². The SMILES string of the molecule is CCC(C)C(NC(=O)C(Cc1ccc(O)cc1)NC(=O)C(NC(=O)C(N)Cc1c[nH]c2ccccc12)C(C)CC)C(=O)O. The number of benzene rings is 2. The van der Waals surface area contributed by atoms with Gasteiger partial charge in [0.25, 0.3) is 0 Å². The molecule has 0 aliphatic carbocycles. The Labute approximate surface area is 251 Å². The monoisotopic (exact) mass is 593 g/mol. The summed E-state index contributed by atoms with van der Waals surface area (Å²) in [6.45, 7) is 7.24. The van der Waals surface area contributed by atoms with Gasteiger partial charge in [0.05, 0.1) is 6.04 Å². The highest BCUT2D eigenvalue weighted by Crippen LogP contribution is 2.19. The van der Waals surface area contributed by atoms with Crippen molar-refractivity contribution in [2.75, 3.05) is 0 Å². The molecule has 0 fully saturated rings. The zero-order valence-electron chi connectivity index (χ0n) is 25.1. The molecule has 2 aromatic carbocycles. The van der Waals surface area contributed by atoms with Crippen molar-refractivity contribution in [2.45, 2.75) is 77.5 Å². The van der Waals surface area contributed by atoms with Gasteiger partial charge in [-0.25, -0.2) is 4.79 Å². The average Bonchev–Trinajstić information content (AvgIpc) is 3.40. The number of hydrogen-bond acceptors (Lipinski definition) is 6. The molecule has 0 saturated carbocycles. The number of aromatic hydroxyl groups is 1. The van der Waals surface area contributed by atoms with Gasteiger partial charge in [0.15, 0.2) is 0 Å². The third kappa shape index (κ3) is 8.81. The van der Waals surface area contributed by atoms with Crippen molar-refractivity contribution in [1.29, 1.82) is 0 Å². The first-order valence-electron chi connectivity index (χ1n) is 14.7. The molecule has 3 aromatic rings. The molecule has 0 aliphatic heterocycles. The number of hydrogen-bond donors (Lipinski definition) is 7. The van der Waals surface area contributed by atoms with Crippen LogP contribution in [0.5, 0.6) is 5.75 Å². The maximum Gasteiger partial charge on any atom is 0.326 e. The van der Waals surface area contributed by atoms with Crippen LogP contribution in [0.25, 0.3) is 10.9 Å². The highest BCUT2D eigenvalue weighted by Gasteiger charge is 2.33. The number of aliphatic carboxylic acids is 1. The summed E-state index contributed by atoms with van der Waals surface area (Å²) >= 11 is 0. The van der Waals surface area contributed by atoms with Gasteiger partial charge >= 0.3 is 5.97 Å². The maximum atomic E-state index is 13.7. The van der Waals surface area contributed by atoms with E-state index in [0.717, 1.165) is 16.5 Å². The minimum absolute atomic E-state index is 0.0337. The van der Waals surface area contributed by atoms with Crippen LogP contribution in [0.15, 0.2) is 54.7 Å². The number of H-pyrrole nitrogens is 1. The van der Waals surface area contributed by atoms with Gasteiger partial charge in [-0.15, -0.1) is 0 Å². The highest BCUT2D eigenvalue weighted by atomic mass is 16.4. The van der Waals surface area contributed by atoms with Gasteiger partial charge in [0.2, 0.25) is 17.7 Å². The molecule has 1 aromatic heterocycles. The molecule has 232 valence electrons. The average molecular weight is 594 g/mol. The Morgan fingerprint density at radius 3 is 2.05 bits per heavy atom. The second-order valence-electron chi connectivity index (χ2n) is 11.2. The first-order valence-corrected chi connectivity index (χ1v) is 14.7. The van der Waals surface area contributed by atoms with E-state index >= 15 is 0 Å². The fourth-order valence-corrected chi connectivity index (χ4v) is 4.87. The fraction of sp³-hybridized carbons (Fsp3) is 0.438. The lowest BCUT2D eigenvalue weighted by Gasteiger charge is -2.28. The first kappa shape index (κ1) is 33.1. The van der Waals surface area contributed by atoms with E-state index in [4.69, 9.17) is 5.73 Å². The number of aromatic nitrogens is 1. The lowest BCUT2D eigenvalue weighted by Crippen LogP contribution is -2.59. The van der Waals surface area contributed by atoms with Crippen molar-refractivity contribution in [3.63, 3.8) is 0 Å². The number of aromatic amines is 1. The Kier molecular flexibility index (Phi) is 11.7. The first-order chi connectivity index (χ1) is 20.4. The number of nitrogens with two attached hydrogens (primary N) is 1. The smallest absolute Gasteiger partial charge is 0.326 e. The predicted octanol–water partition coefficient (Wildman–Crippen LogP) is 2.62. The van der Waals surface area contributed by atoms with E-state index in [9.17, 15) is 29.4 Å².